The minimum atomic E-state index is -0.209. The predicted octanol–water partition coefficient (Wildman–Crippen LogP) is 2.71. The van der Waals surface area contributed by atoms with Crippen LogP contribution < -0.4 is 5.73 Å². The number of ether oxygens (including phenoxy) is 1. The van der Waals surface area contributed by atoms with Gasteiger partial charge in [-0.3, -0.25) is 4.90 Å². The largest absolute Gasteiger partial charge is 0.377 e. The number of methoxy groups -OCH3 is 1. The molecule has 0 amide bonds. The van der Waals surface area contributed by atoms with E-state index in [1.807, 2.05) is 13.0 Å². The lowest BCUT2D eigenvalue weighted by molar-refractivity contribution is -0.0637. The molecule has 2 N–H and O–H groups in total. The highest BCUT2D eigenvalue weighted by Gasteiger charge is 2.35. The second-order valence-electron chi connectivity index (χ2n) is 6.09. The van der Waals surface area contributed by atoms with Gasteiger partial charge >= 0.3 is 0 Å². The molecule has 0 bridgehead atoms. The Kier molecular flexibility index (Phi) is 4.78. The molecule has 1 aliphatic rings. The summed E-state index contributed by atoms with van der Waals surface area (Å²) in [6.45, 7) is 5.91. The summed E-state index contributed by atoms with van der Waals surface area (Å²) in [7, 11) is 1.76. The van der Waals surface area contributed by atoms with Crippen molar-refractivity contribution in [2.24, 2.45) is 5.73 Å². The van der Waals surface area contributed by atoms with Crippen LogP contribution >= 0.6 is 0 Å². The van der Waals surface area contributed by atoms with Gasteiger partial charge in [0.05, 0.1) is 5.60 Å². The molecular weight excluding hydrogens is 255 g/mol. The van der Waals surface area contributed by atoms with Crippen LogP contribution in [0.2, 0.25) is 0 Å². The van der Waals surface area contributed by atoms with E-state index in [-0.39, 0.29) is 23.5 Å². The topological polar surface area (TPSA) is 38.5 Å². The monoisotopic (exact) mass is 280 g/mol. The fraction of sp³-hybridized carbons (Fsp3) is 0.625. The predicted molar refractivity (Wildman–Crippen MR) is 79.0 cm³/mol. The van der Waals surface area contributed by atoms with Gasteiger partial charge in [0.15, 0.2) is 0 Å². The van der Waals surface area contributed by atoms with Gasteiger partial charge in [0.1, 0.15) is 5.82 Å². The summed E-state index contributed by atoms with van der Waals surface area (Å²) in [5.41, 5.74) is 6.98. The first kappa shape index (κ1) is 15.4. The number of likely N-dealkylation sites (tertiary alicyclic amines) is 1. The van der Waals surface area contributed by atoms with Crippen molar-refractivity contribution in [2.45, 2.75) is 44.4 Å². The molecule has 1 fully saturated rings. The van der Waals surface area contributed by atoms with Gasteiger partial charge in [0.2, 0.25) is 0 Å². The third kappa shape index (κ3) is 3.37. The van der Waals surface area contributed by atoms with Gasteiger partial charge in [-0.1, -0.05) is 12.1 Å². The molecular formula is C16H25FN2O. The number of rotatable bonds is 4. The van der Waals surface area contributed by atoms with Crippen molar-refractivity contribution in [3.63, 3.8) is 0 Å². The Morgan fingerprint density at radius 3 is 2.80 bits per heavy atom. The second-order valence-corrected chi connectivity index (χ2v) is 6.09. The molecule has 20 heavy (non-hydrogen) atoms. The Bertz CT molecular complexity index is 452. The molecule has 112 valence electrons. The molecule has 1 heterocycles. The summed E-state index contributed by atoms with van der Waals surface area (Å²) in [5, 5.41) is 0. The Labute approximate surface area is 120 Å². The molecule has 0 aromatic heterocycles. The van der Waals surface area contributed by atoms with Crippen LogP contribution in [0.15, 0.2) is 24.3 Å². The van der Waals surface area contributed by atoms with Crippen molar-refractivity contribution in [3.8, 4) is 0 Å². The lowest BCUT2D eigenvalue weighted by Crippen LogP contribution is -2.51. The molecule has 0 saturated carbocycles. The van der Waals surface area contributed by atoms with Crippen LogP contribution in [0.25, 0.3) is 0 Å². The number of benzene rings is 1. The fourth-order valence-electron chi connectivity index (χ4n) is 3.19. The van der Waals surface area contributed by atoms with E-state index in [4.69, 9.17) is 10.5 Å². The van der Waals surface area contributed by atoms with E-state index in [1.54, 1.807) is 19.2 Å². The molecule has 1 aromatic carbocycles. The van der Waals surface area contributed by atoms with Crippen LogP contribution in [-0.4, -0.2) is 36.7 Å². The molecule has 1 aliphatic heterocycles. The molecule has 0 aliphatic carbocycles. The maximum absolute atomic E-state index is 13.5. The minimum absolute atomic E-state index is 0.0282. The highest BCUT2D eigenvalue weighted by atomic mass is 19.1. The zero-order valence-electron chi connectivity index (χ0n) is 12.6. The average molecular weight is 280 g/mol. The SMILES string of the molecule is COC1(C)CCCN(C(c2cccc(F)c2)C(C)N)C1. The first-order valence-corrected chi connectivity index (χ1v) is 7.25. The number of hydrogen-bond acceptors (Lipinski definition) is 3. The van der Waals surface area contributed by atoms with Crippen LogP contribution in [0, 0.1) is 5.82 Å². The van der Waals surface area contributed by atoms with E-state index in [2.05, 4.69) is 11.8 Å². The first-order chi connectivity index (χ1) is 9.45. The molecule has 3 nitrogen and oxygen atoms in total. The van der Waals surface area contributed by atoms with Crippen molar-refractivity contribution in [1.82, 2.24) is 4.90 Å². The second kappa shape index (κ2) is 6.20. The molecule has 1 aromatic rings. The van der Waals surface area contributed by atoms with Crippen LogP contribution in [0.4, 0.5) is 4.39 Å². The lowest BCUT2D eigenvalue weighted by atomic mass is 9.90. The van der Waals surface area contributed by atoms with Gasteiger partial charge in [-0.25, -0.2) is 4.39 Å². The molecule has 3 unspecified atom stereocenters. The summed E-state index contributed by atoms with van der Waals surface area (Å²) in [5.74, 6) is -0.209. The highest BCUT2D eigenvalue weighted by Crippen LogP contribution is 2.32. The van der Waals surface area contributed by atoms with Crippen LogP contribution in [0.5, 0.6) is 0 Å². The summed E-state index contributed by atoms with van der Waals surface area (Å²) in [6.07, 6.45) is 2.12. The van der Waals surface area contributed by atoms with E-state index in [0.717, 1.165) is 31.5 Å². The normalized spacial score (nSPS) is 27.2. The van der Waals surface area contributed by atoms with Crippen LogP contribution in [-0.2, 0) is 4.74 Å². The average Bonchev–Trinajstić information content (AvgIpc) is 2.39. The minimum Gasteiger partial charge on any atom is -0.377 e. The van der Waals surface area contributed by atoms with Crippen molar-refractivity contribution in [3.05, 3.63) is 35.6 Å². The quantitative estimate of drug-likeness (QED) is 0.921. The van der Waals surface area contributed by atoms with Gasteiger partial charge in [0, 0.05) is 25.7 Å². The molecule has 4 heteroatoms. The van der Waals surface area contributed by atoms with Crippen molar-refractivity contribution in [2.75, 3.05) is 20.2 Å². The fourth-order valence-corrected chi connectivity index (χ4v) is 3.19. The molecule has 0 spiro atoms. The zero-order valence-corrected chi connectivity index (χ0v) is 12.6. The molecule has 3 atom stereocenters. The Hall–Kier alpha value is -0.970. The van der Waals surface area contributed by atoms with E-state index >= 15 is 0 Å². The van der Waals surface area contributed by atoms with E-state index in [9.17, 15) is 4.39 Å². The molecule has 1 saturated heterocycles. The number of nitrogens with two attached hydrogens (primary N) is 1. The first-order valence-electron chi connectivity index (χ1n) is 7.25. The van der Waals surface area contributed by atoms with E-state index in [0.29, 0.717) is 0 Å². The maximum Gasteiger partial charge on any atom is 0.123 e. The van der Waals surface area contributed by atoms with Gasteiger partial charge in [0.25, 0.3) is 0 Å². The highest BCUT2D eigenvalue weighted by molar-refractivity contribution is 5.22. The van der Waals surface area contributed by atoms with Gasteiger partial charge < -0.3 is 10.5 Å². The van der Waals surface area contributed by atoms with Crippen LogP contribution in [0.3, 0.4) is 0 Å². The number of nitrogens with zero attached hydrogens (tertiary/aromatic N) is 1. The van der Waals surface area contributed by atoms with Gasteiger partial charge in [-0.05, 0) is 50.9 Å². The number of piperidine rings is 1. The number of halogens is 1. The molecule has 2 rings (SSSR count). The van der Waals surface area contributed by atoms with Crippen LogP contribution in [0.1, 0.15) is 38.3 Å². The third-order valence-electron chi connectivity index (χ3n) is 4.26. The number of hydrogen-bond donors (Lipinski definition) is 1. The summed E-state index contributed by atoms with van der Waals surface area (Å²) >= 11 is 0. The third-order valence-corrected chi connectivity index (χ3v) is 4.26. The lowest BCUT2D eigenvalue weighted by Gasteiger charge is -2.44. The Morgan fingerprint density at radius 1 is 1.45 bits per heavy atom. The summed E-state index contributed by atoms with van der Waals surface area (Å²) in [4.78, 5) is 2.33. The zero-order chi connectivity index (χ0) is 14.8. The van der Waals surface area contributed by atoms with E-state index in [1.165, 1.54) is 6.07 Å². The Balaban J connectivity index is 2.25. The smallest absolute Gasteiger partial charge is 0.123 e. The van der Waals surface area contributed by atoms with Crippen molar-refractivity contribution < 1.29 is 9.13 Å². The standard InChI is InChI=1S/C16H25FN2O/c1-12(18)15(13-6-4-7-14(17)10-13)19-9-5-8-16(2,11-19)20-3/h4,6-7,10,12,15H,5,8-9,11,18H2,1-3H3. The van der Waals surface area contributed by atoms with Gasteiger partial charge in [-0.2, -0.15) is 0 Å². The molecule has 0 radical (unpaired) electrons. The summed E-state index contributed by atoms with van der Waals surface area (Å²) in [6, 6.07) is 6.73. The van der Waals surface area contributed by atoms with Crippen molar-refractivity contribution >= 4 is 0 Å². The van der Waals surface area contributed by atoms with Gasteiger partial charge in [-0.15, -0.1) is 0 Å². The maximum atomic E-state index is 13.5. The van der Waals surface area contributed by atoms with E-state index < -0.39 is 0 Å². The summed E-state index contributed by atoms with van der Waals surface area (Å²) < 4.78 is 19.1. The van der Waals surface area contributed by atoms with Crippen molar-refractivity contribution in [1.29, 1.82) is 0 Å². The Morgan fingerprint density at radius 2 is 2.20 bits per heavy atom.